The van der Waals surface area contributed by atoms with Gasteiger partial charge in [0.1, 0.15) is 0 Å². The molecule has 1 aliphatic rings. The van der Waals surface area contributed by atoms with E-state index in [-0.39, 0.29) is 0 Å². The van der Waals surface area contributed by atoms with E-state index in [0.717, 1.165) is 25.3 Å². The fourth-order valence-corrected chi connectivity index (χ4v) is 1.87. The summed E-state index contributed by atoms with van der Waals surface area (Å²) in [5, 5.41) is 8.31. The zero-order chi connectivity index (χ0) is 8.55. The van der Waals surface area contributed by atoms with Crippen LogP contribution < -0.4 is 0 Å². The minimum Gasteiger partial charge on any atom is -0.249 e. The fraction of sp³-hybridized carbons (Fsp3) is 0.778. The Labute approximate surface area is 72.8 Å². The maximum absolute atomic E-state index is 4.19. The third kappa shape index (κ3) is 1.13. The van der Waals surface area contributed by atoms with E-state index in [2.05, 4.69) is 24.2 Å². The maximum atomic E-state index is 4.19. The van der Waals surface area contributed by atoms with Gasteiger partial charge in [0.15, 0.2) is 0 Å². The molecule has 0 fully saturated rings. The molecule has 0 amide bonds. The number of hydrogen-bond donors (Lipinski definition) is 0. The third-order valence-electron chi connectivity index (χ3n) is 2.63. The molecule has 0 bridgehead atoms. The van der Waals surface area contributed by atoms with E-state index in [4.69, 9.17) is 0 Å². The number of nitrogens with zero attached hydrogens (tertiary/aromatic N) is 3. The third-order valence-corrected chi connectivity index (χ3v) is 2.63. The van der Waals surface area contributed by atoms with Gasteiger partial charge in [-0.1, -0.05) is 12.1 Å². The van der Waals surface area contributed by atoms with Crippen LogP contribution >= 0.6 is 0 Å². The van der Waals surface area contributed by atoms with Gasteiger partial charge in [-0.25, -0.2) is 4.68 Å². The topological polar surface area (TPSA) is 30.7 Å². The minimum atomic E-state index is 0.791. The SMILES string of the molecule is CCn1nnc2c1CCC(C)C2. The van der Waals surface area contributed by atoms with Gasteiger partial charge in [-0.3, -0.25) is 0 Å². The molecule has 1 aliphatic carbocycles. The summed E-state index contributed by atoms with van der Waals surface area (Å²) in [4.78, 5) is 0. The molecule has 3 nitrogen and oxygen atoms in total. The standard InChI is InChI=1S/C9H15N3/c1-3-12-9-5-4-7(2)6-8(9)10-11-12/h7H,3-6H2,1-2H3. The van der Waals surface area contributed by atoms with Gasteiger partial charge >= 0.3 is 0 Å². The van der Waals surface area contributed by atoms with Crippen molar-refractivity contribution in [3.8, 4) is 0 Å². The first-order valence-electron chi connectivity index (χ1n) is 4.72. The first-order valence-corrected chi connectivity index (χ1v) is 4.72. The van der Waals surface area contributed by atoms with Crippen molar-refractivity contribution in [3.63, 3.8) is 0 Å². The predicted octanol–water partition coefficient (Wildman–Crippen LogP) is 1.42. The molecule has 1 aromatic heterocycles. The Morgan fingerprint density at radius 3 is 3.17 bits per heavy atom. The van der Waals surface area contributed by atoms with Crippen molar-refractivity contribution in [2.45, 2.75) is 39.7 Å². The number of aryl methyl sites for hydroxylation is 1. The highest BCUT2D eigenvalue weighted by Gasteiger charge is 2.20. The molecule has 0 aromatic carbocycles. The Morgan fingerprint density at radius 2 is 2.42 bits per heavy atom. The van der Waals surface area contributed by atoms with Crippen molar-refractivity contribution in [1.29, 1.82) is 0 Å². The van der Waals surface area contributed by atoms with Crippen LogP contribution in [0.25, 0.3) is 0 Å². The van der Waals surface area contributed by atoms with Crippen LogP contribution in [0.15, 0.2) is 0 Å². The highest BCUT2D eigenvalue weighted by Crippen LogP contribution is 2.22. The van der Waals surface area contributed by atoms with E-state index < -0.39 is 0 Å². The summed E-state index contributed by atoms with van der Waals surface area (Å²) in [6.07, 6.45) is 3.58. The minimum absolute atomic E-state index is 0.791. The summed E-state index contributed by atoms with van der Waals surface area (Å²) in [5.41, 5.74) is 2.60. The quantitative estimate of drug-likeness (QED) is 0.630. The van der Waals surface area contributed by atoms with Crippen LogP contribution in [0.3, 0.4) is 0 Å². The molecule has 12 heavy (non-hydrogen) atoms. The molecule has 2 rings (SSSR count). The molecule has 0 N–H and O–H groups in total. The fourth-order valence-electron chi connectivity index (χ4n) is 1.87. The molecular weight excluding hydrogens is 150 g/mol. The van der Waals surface area contributed by atoms with E-state index in [1.54, 1.807) is 0 Å². The number of rotatable bonds is 1. The Bertz CT molecular complexity index is 277. The van der Waals surface area contributed by atoms with Gasteiger partial charge in [0, 0.05) is 6.54 Å². The van der Waals surface area contributed by atoms with Crippen LogP contribution in [-0.2, 0) is 19.4 Å². The van der Waals surface area contributed by atoms with Crippen molar-refractivity contribution in [1.82, 2.24) is 15.0 Å². The predicted molar refractivity (Wildman–Crippen MR) is 46.9 cm³/mol. The molecule has 1 unspecified atom stereocenters. The van der Waals surface area contributed by atoms with E-state index in [1.165, 1.54) is 17.8 Å². The summed E-state index contributed by atoms with van der Waals surface area (Å²) in [6.45, 7) is 5.36. The Kier molecular flexibility index (Phi) is 1.87. The van der Waals surface area contributed by atoms with Gasteiger partial charge in [-0.15, -0.1) is 5.10 Å². The molecular formula is C9H15N3. The van der Waals surface area contributed by atoms with Gasteiger partial charge in [0.05, 0.1) is 11.4 Å². The summed E-state index contributed by atoms with van der Waals surface area (Å²) in [7, 11) is 0. The van der Waals surface area contributed by atoms with Gasteiger partial charge in [0.2, 0.25) is 0 Å². The number of hydrogen-bond acceptors (Lipinski definition) is 2. The van der Waals surface area contributed by atoms with Gasteiger partial charge in [-0.05, 0) is 32.1 Å². The lowest BCUT2D eigenvalue weighted by atomic mass is 9.91. The van der Waals surface area contributed by atoms with Gasteiger partial charge in [0.25, 0.3) is 0 Å². The molecule has 1 aromatic rings. The van der Waals surface area contributed by atoms with Crippen LogP contribution in [0.1, 0.15) is 31.7 Å². The second-order valence-electron chi connectivity index (χ2n) is 3.65. The molecule has 0 saturated carbocycles. The van der Waals surface area contributed by atoms with Crippen LogP contribution in [-0.4, -0.2) is 15.0 Å². The molecule has 0 saturated heterocycles. The van der Waals surface area contributed by atoms with Crippen LogP contribution in [0.4, 0.5) is 0 Å². The average molecular weight is 165 g/mol. The molecule has 0 aliphatic heterocycles. The monoisotopic (exact) mass is 165 g/mol. The molecule has 66 valence electrons. The summed E-state index contributed by atoms with van der Waals surface area (Å²) in [6, 6.07) is 0. The van der Waals surface area contributed by atoms with Gasteiger partial charge in [-0.2, -0.15) is 0 Å². The first-order chi connectivity index (χ1) is 5.81. The zero-order valence-corrected chi connectivity index (χ0v) is 7.75. The number of aromatic nitrogens is 3. The highest BCUT2D eigenvalue weighted by molar-refractivity contribution is 5.14. The first kappa shape index (κ1) is 7.77. The second-order valence-corrected chi connectivity index (χ2v) is 3.65. The van der Waals surface area contributed by atoms with Crippen molar-refractivity contribution >= 4 is 0 Å². The van der Waals surface area contributed by atoms with Crippen molar-refractivity contribution in [3.05, 3.63) is 11.4 Å². The highest BCUT2D eigenvalue weighted by atomic mass is 15.4. The smallest absolute Gasteiger partial charge is 0.0861 e. The lowest BCUT2D eigenvalue weighted by Gasteiger charge is -2.17. The second kappa shape index (κ2) is 2.88. The lowest BCUT2D eigenvalue weighted by molar-refractivity contribution is 0.478. The van der Waals surface area contributed by atoms with E-state index in [1.807, 2.05) is 4.68 Å². The molecule has 1 heterocycles. The van der Waals surface area contributed by atoms with Crippen molar-refractivity contribution in [2.75, 3.05) is 0 Å². The molecule has 1 atom stereocenters. The Hall–Kier alpha value is -0.860. The molecule has 0 radical (unpaired) electrons. The molecule has 3 heteroatoms. The van der Waals surface area contributed by atoms with E-state index in [9.17, 15) is 0 Å². The largest absolute Gasteiger partial charge is 0.249 e. The lowest BCUT2D eigenvalue weighted by Crippen LogP contribution is -2.13. The summed E-state index contributed by atoms with van der Waals surface area (Å²) < 4.78 is 2.03. The van der Waals surface area contributed by atoms with E-state index in [0.29, 0.717) is 0 Å². The van der Waals surface area contributed by atoms with Crippen LogP contribution in [0.2, 0.25) is 0 Å². The summed E-state index contributed by atoms with van der Waals surface area (Å²) >= 11 is 0. The van der Waals surface area contributed by atoms with Crippen LogP contribution in [0, 0.1) is 5.92 Å². The zero-order valence-electron chi connectivity index (χ0n) is 7.75. The maximum Gasteiger partial charge on any atom is 0.0861 e. The number of fused-ring (bicyclic) bond motifs is 1. The summed E-state index contributed by atoms with van der Waals surface area (Å²) in [5.74, 6) is 0.791. The van der Waals surface area contributed by atoms with Crippen molar-refractivity contribution < 1.29 is 0 Å². The average Bonchev–Trinajstić information content (AvgIpc) is 2.46. The Morgan fingerprint density at radius 1 is 1.58 bits per heavy atom. The Balaban J connectivity index is 2.32. The normalized spacial score (nSPS) is 22.3. The van der Waals surface area contributed by atoms with Crippen molar-refractivity contribution in [2.24, 2.45) is 5.92 Å². The van der Waals surface area contributed by atoms with Crippen LogP contribution in [0.5, 0.6) is 0 Å². The van der Waals surface area contributed by atoms with E-state index >= 15 is 0 Å². The van der Waals surface area contributed by atoms with Gasteiger partial charge < -0.3 is 0 Å². The molecule has 0 spiro atoms.